The summed E-state index contributed by atoms with van der Waals surface area (Å²) in [6.07, 6.45) is 0.0722. The average Bonchev–Trinajstić information content (AvgIpc) is 2.40. The molecule has 7 heteroatoms. The van der Waals surface area contributed by atoms with Crippen molar-refractivity contribution in [1.29, 1.82) is 0 Å². The number of guanidine groups is 1. The predicted octanol–water partition coefficient (Wildman–Crippen LogP) is 1.60. The highest BCUT2D eigenvalue weighted by atomic mass is 127. The molecule has 0 aromatic carbocycles. The van der Waals surface area contributed by atoms with Crippen LogP contribution >= 0.6 is 24.0 Å². The summed E-state index contributed by atoms with van der Waals surface area (Å²) >= 11 is 0. The van der Waals surface area contributed by atoms with Crippen LogP contribution in [0.3, 0.4) is 0 Å². The Balaban J connectivity index is 0. The molecule has 0 heterocycles. The summed E-state index contributed by atoms with van der Waals surface area (Å²) in [4.78, 5) is 15.9. The molecule has 0 spiro atoms. The van der Waals surface area contributed by atoms with Crippen molar-refractivity contribution in [2.75, 3.05) is 34.3 Å². The highest BCUT2D eigenvalue weighted by Crippen LogP contribution is 2.20. The summed E-state index contributed by atoms with van der Waals surface area (Å²) in [7, 11) is 5.06. The second-order valence-corrected chi connectivity index (χ2v) is 6.86. The molecule has 1 unspecified atom stereocenters. The van der Waals surface area contributed by atoms with E-state index in [-0.39, 0.29) is 41.4 Å². The zero-order valence-electron chi connectivity index (χ0n) is 15.2. The summed E-state index contributed by atoms with van der Waals surface area (Å²) in [6, 6.07) is 0. The maximum absolute atomic E-state index is 11.7. The molecule has 0 saturated heterocycles. The molecule has 132 valence electrons. The maximum Gasteiger partial charge on any atom is 0.227 e. The van der Waals surface area contributed by atoms with Gasteiger partial charge in [-0.1, -0.05) is 20.8 Å². The van der Waals surface area contributed by atoms with E-state index in [1.54, 1.807) is 21.2 Å². The molecule has 0 aliphatic carbocycles. The van der Waals surface area contributed by atoms with Crippen molar-refractivity contribution in [3.8, 4) is 0 Å². The van der Waals surface area contributed by atoms with Crippen molar-refractivity contribution in [2.24, 2.45) is 15.8 Å². The monoisotopic (exact) mass is 428 g/mol. The number of hydrogen-bond acceptors (Lipinski definition) is 3. The lowest BCUT2D eigenvalue weighted by Crippen LogP contribution is -2.49. The van der Waals surface area contributed by atoms with Crippen LogP contribution in [0.15, 0.2) is 4.99 Å². The number of ether oxygens (including phenoxy) is 1. The lowest BCUT2D eigenvalue weighted by Gasteiger charge is -2.30. The van der Waals surface area contributed by atoms with E-state index in [9.17, 15) is 4.79 Å². The third-order valence-electron chi connectivity index (χ3n) is 3.47. The SMILES string of the molecule is CN=C(NCC(OC)C(C)(C)C)NCC(C)(C)C(=O)NC.I. The van der Waals surface area contributed by atoms with Crippen LogP contribution in [0.25, 0.3) is 0 Å². The fourth-order valence-corrected chi connectivity index (χ4v) is 1.88. The third kappa shape index (κ3) is 8.17. The number of carbonyl (C=O) groups excluding carboxylic acids is 1. The van der Waals surface area contributed by atoms with E-state index < -0.39 is 5.41 Å². The van der Waals surface area contributed by atoms with Crippen molar-refractivity contribution >= 4 is 35.8 Å². The van der Waals surface area contributed by atoms with E-state index in [4.69, 9.17) is 4.74 Å². The minimum atomic E-state index is -0.503. The van der Waals surface area contributed by atoms with E-state index in [2.05, 4.69) is 41.7 Å². The van der Waals surface area contributed by atoms with Crippen LogP contribution in [0, 0.1) is 10.8 Å². The van der Waals surface area contributed by atoms with Crippen molar-refractivity contribution < 1.29 is 9.53 Å². The minimum absolute atomic E-state index is 0. The molecule has 0 saturated carbocycles. The van der Waals surface area contributed by atoms with E-state index >= 15 is 0 Å². The summed E-state index contributed by atoms with van der Waals surface area (Å²) < 4.78 is 5.50. The summed E-state index contributed by atoms with van der Waals surface area (Å²) in [6.45, 7) is 11.3. The Kier molecular flexibility index (Phi) is 11.0. The Bertz CT molecular complexity index is 365. The Morgan fingerprint density at radius 3 is 2.09 bits per heavy atom. The fraction of sp³-hybridized carbons (Fsp3) is 0.867. The van der Waals surface area contributed by atoms with Gasteiger partial charge < -0.3 is 20.7 Å². The molecular weight excluding hydrogens is 395 g/mol. The highest BCUT2D eigenvalue weighted by molar-refractivity contribution is 14.0. The van der Waals surface area contributed by atoms with Gasteiger partial charge in [-0.05, 0) is 19.3 Å². The lowest BCUT2D eigenvalue weighted by atomic mass is 9.89. The van der Waals surface area contributed by atoms with Crippen LogP contribution in [0.5, 0.6) is 0 Å². The van der Waals surface area contributed by atoms with Gasteiger partial charge in [0.15, 0.2) is 5.96 Å². The Labute approximate surface area is 152 Å². The lowest BCUT2D eigenvalue weighted by molar-refractivity contribution is -0.128. The number of nitrogens with one attached hydrogen (secondary N) is 3. The second-order valence-electron chi connectivity index (χ2n) is 6.86. The average molecular weight is 428 g/mol. The number of nitrogens with zero attached hydrogens (tertiary/aromatic N) is 1. The molecule has 0 aromatic heterocycles. The van der Waals surface area contributed by atoms with Gasteiger partial charge in [-0.15, -0.1) is 24.0 Å². The molecule has 3 N–H and O–H groups in total. The van der Waals surface area contributed by atoms with Crippen molar-refractivity contribution in [3.05, 3.63) is 0 Å². The van der Waals surface area contributed by atoms with E-state index in [0.717, 1.165) is 0 Å². The van der Waals surface area contributed by atoms with Gasteiger partial charge in [0.2, 0.25) is 5.91 Å². The molecule has 0 bridgehead atoms. The molecule has 0 fully saturated rings. The number of amides is 1. The van der Waals surface area contributed by atoms with E-state index in [1.165, 1.54) is 0 Å². The molecule has 6 nitrogen and oxygen atoms in total. The first-order valence-corrected chi connectivity index (χ1v) is 7.28. The quantitative estimate of drug-likeness (QED) is 0.342. The molecule has 0 aliphatic rings. The number of hydrogen-bond donors (Lipinski definition) is 3. The highest BCUT2D eigenvalue weighted by Gasteiger charge is 2.27. The minimum Gasteiger partial charge on any atom is -0.379 e. The van der Waals surface area contributed by atoms with E-state index in [1.807, 2.05) is 13.8 Å². The fourth-order valence-electron chi connectivity index (χ4n) is 1.88. The summed E-state index contributed by atoms with van der Waals surface area (Å²) in [5.74, 6) is 0.660. The van der Waals surface area contributed by atoms with Crippen LogP contribution in [0.4, 0.5) is 0 Å². The van der Waals surface area contributed by atoms with E-state index in [0.29, 0.717) is 19.0 Å². The van der Waals surface area contributed by atoms with Crippen molar-refractivity contribution in [2.45, 2.75) is 40.7 Å². The number of methoxy groups -OCH3 is 1. The molecule has 0 rings (SSSR count). The van der Waals surface area contributed by atoms with Gasteiger partial charge in [0.05, 0.1) is 11.5 Å². The number of carbonyl (C=O) groups is 1. The largest absolute Gasteiger partial charge is 0.379 e. The van der Waals surface area contributed by atoms with Gasteiger partial charge in [-0.2, -0.15) is 0 Å². The normalized spacial score (nSPS) is 13.9. The molecule has 1 amide bonds. The zero-order valence-corrected chi connectivity index (χ0v) is 17.5. The third-order valence-corrected chi connectivity index (χ3v) is 3.47. The van der Waals surface area contributed by atoms with Gasteiger partial charge in [-0.25, -0.2) is 0 Å². The number of rotatable bonds is 6. The van der Waals surface area contributed by atoms with Gasteiger partial charge >= 0.3 is 0 Å². The van der Waals surface area contributed by atoms with Gasteiger partial charge in [0.25, 0.3) is 0 Å². The summed E-state index contributed by atoms with van der Waals surface area (Å²) in [5.41, 5.74) is -0.459. The standard InChI is InChI=1S/C15H32N4O2.HI/c1-14(2,3)11(21-8)9-18-13(17-7)19-10-15(4,5)12(20)16-6;/h11H,9-10H2,1-8H3,(H,16,20)(H2,17,18,19);1H. The summed E-state index contributed by atoms with van der Waals surface area (Å²) in [5, 5.41) is 9.08. The van der Waals surface area contributed by atoms with Crippen LogP contribution in [-0.4, -0.2) is 52.3 Å². The Morgan fingerprint density at radius 1 is 1.18 bits per heavy atom. The van der Waals surface area contributed by atoms with Gasteiger partial charge in [-0.3, -0.25) is 9.79 Å². The first-order valence-electron chi connectivity index (χ1n) is 7.28. The number of aliphatic imine (C=N–C) groups is 1. The van der Waals surface area contributed by atoms with Gasteiger partial charge in [0.1, 0.15) is 0 Å². The number of halogens is 1. The zero-order chi connectivity index (χ0) is 16.7. The van der Waals surface area contributed by atoms with Crippen LogP contribution in [0.1, 0.15) is 34.6 Å². The Morgan fingerprint density at radius 2 is 1.73 bits per heavy atom. The second kappa shape index (κ2) is 10.3. The first-order chi connectivity index (χ1) is 9.58. The predicted molar refractivity (Wildman–Crippen MR) is 103 cm³/mol. The molecule has 0 aliphatic heterocycles. The van der Waals surface area contributed by atoms with Crippen molar-refractivity contribution in [3.63, 3.8) is 0 Å². The molecule has 22 heavy (non-hydrogen) atoms. The molecular formula is C15H33IN4O2. The molecule has 0 aromatic rings. The van der Waals surface area contributed by atoms with Gasteiger partial charge in [0, 0.05) is 34.3 Å². The topological polar surface area (TPSA) is 74.8 Å². The van der Waals surface area contributed by atoms with Crippen LogP contribution in [0.2, 0.25) is 0 Å². The first kappa shape index (κ1) is 23.7. The smallest absolute Gasteiger partial charge is 0.227 e. The van der Waals surface area contributed by atoms with Crippen molar-refractivity contribution in [1.82, 2.24) is 16.0 Å². The van der Waals surface area contributed by atoms with Crippen LogP contribution in [-0.2, 0) is 9.53 Å². The Hall–Kier alpha value is -0.570. The molecule has 0 radical (unpaired) electrons. The maximum atomic E-state index is 11.7. The van der Waals surface area contributed by atoms with Crippen LogP contribution < -0.4 is 16.0 Å². The molecule has 1 atom stereocenters.